The summed E-state index contributed by atoms with van der Waals surface area (Å²) >= 11 is 1.17. The van der Waals surface area contributed by atoms with Gasteiger partial charge in [0.2, 0.25) is 5.91 Å². The quantitative estimate of drug-likeness (QED) is 0.426. The van der Waals surface area contributed by atoms with Crippen molar-refractivity contribution in [3.63, 3.8) is 0 Å². The van der Waals surface area contributed by atoms with E-state index in [4.69, 9.17) is 0 Å². The Morgan fingerprint density at radius 1 is 1.06 bits per heavy atom. The first-order chi connectivity index (χ1) is 15.0. The molecule has 0 fully saturated rings. The molecule has 1 aromatic heterocycles. The lowest BCUT2D eigenvalue weighted by atomic mass is 10.2. The number of aryl methyl sites for hydroxylation is 1. The van der Waals surface area contributed by atoms with Crippen molar-refractivity contribution in [2.45, 2.75) is 12.1 Å². The molecule has 31 heavy (non-hydrogen) atoms. The number of phenols is 1. The molecule has 0 spiro atoms. The van der Waals surface area contributed by atoms with Crippen molar-refractivity contribution in [1.82, 2.24) is 14.8 Å². The topological polar surface area (TPSA) is 80.0 Å². The number of rotatable bonds is 6. The number of aromatic hydroxyl groups is 1. The fraction of sp³-hybridized carbons (Fsp3) is 0.0870. The molecule has 0 aliphatic rings. The molecule has 3 aromatic carbocycles. The van der Waals surface area contributed by atoms with E-state index in [2.05, 4.69) is 15.5 Å². The van der Waals surface area contributed by atoms with Gasteiger partial charge in [-0.05, 0) is 48.9 Å². The first-order valence-corrected chi connectivity index (χ1v) is 10.5. The number of carbonyl (C=O) groups is 1. The summed E-state index contributed by atoms with van der Waals surface area (Å²) in [6.45, 7) is 1.83. The normalized spacial score (nSPS) is 10.8. The van der Waals surface area contributed by atoms with Gasteiger partial charge in [-0.3, -0.25) is 9.36 Å². The highest BCUT2D eigenvalue weighted by Gasteiger charge is 2.19. The molecule has 8 heteroatoms. The van der Waals surface area contributed by atoms with E-state index in [1.54, 1.807) is 41.0 Å². The third kappa shape index (κ3) is 4.59. The smallest absolute Gasteiger partial charge is 0.234 e. The molecule has 1 amide bonds. The highest BCUT2D eigenvalue weighted by molar-refractivity contribution is 7.99. The monoisotopic (exact) mass is 434 g/mol. The number of thioether (sulfide) groups is 1. The van der Waals surface area contributed by atoms with E-state index >= 15 is 0 Å². The van der Waals surface area contributed by atoms with Crippen molar-refractivity contribution in [2.75, 3.05) is 11.1 Å². The molecule has 0 aliphatic heterocycles. The Morgan fingerprint density at radius 3 is 2.58 bits per heavy atom. The number of hydrogen-bond donors (Lipinski definition) is 2. The molecule has 0 unspecified atom stereocenters. The van der Waals surface area contributed by atoms with Crippen molar-refractivity contribution >= 4 is 23.4 Å². The second kappa shape index (κ2) is 9.01. The van der Waals surface area contributed by atoms with Crippen LogP contribution in [0.1, 0.15) is 5.56 Å². The SMILES string of the molecule is Cc1ccc(F)c(NC(=O)CSc2nnc(-c3ccccc3O)n2-c2ccccc2)c1. The van der Waals surface area contributed by atoms with Crippen LogP contribution in [0.4, 0.5) is 10.1 Å². The Balaban J connectivity index is 1.61. The number of hydrogen-bond acceptors (Lipinski definition) is 5. The first kappa shape index (κ1) is 20.6. The van der Waals surface area contributed by atoms with Gasteiger partial charge in [-0.2, -0.15) is 0 Å². The van der Waals surface area contributed by atoms with Gasteiger partial charge in [0.15, 0.2) is 11.0 Å². The van der Waals surface area contributed by atoms with E-state index < -0.39 is 5.82 Å². The lowest BCUT2D eigenvalue weighted by molar-refractivity contribution is -0.113. The lowest BCUT2D eigenvalue weighted by Crippen LogP contribution is -2.15. The highest BCUT2D eigenvalue weighted by atomic mass is 32.2. The van der Waals surface area contributed by atoms with Crippen LogP contribution in [-0.4, -0.2) is 31.5 Å². The molecule has 0 bridgehead atoms. The van der Waals surface area contributed by atoms with E-state index in [1.165, 1.54) is 17.8 Å². The van der Waals surface area contributed by atoms with Gasteiger partial charge >= 0.3 is 0 Å². The maximum atomic E-state index is 13.9. The van der Waals surface area contributed by atoms with Crippen molar-refractivity contribution in [3.05, 3.63) is 84.2 Å². The molecule has 0 radical (unpaired) electrons. The van der Waals surface area contributed by atoms with Crippen LogP contribution in [0.15, 0.2) is 78.0 Å². The van der Waals surface area contributed by atoms with Crippen LogP contribution in [0.3, 0.4) is 0 Å². The fourth-order valence-electron chi connectivity index (χ4n) is 3.06. The maximum Gasteiger partial charge on any atom is 0.234 e. The number of nitrogens with zero attached hydrogens (tertiary/aromatic N) is 3. The number of nitrogens with one attached hydrogen (secondary N) is 1. The zero-order valence-corrected chi connectivity index (χ0v) is 17.4. The molecule has 2 N–H and O–H groups in total. The van der Waals surface area contributed by atoms with Crippen LogP contribution >= 0.6 is 11.8 Å². The van der Waals surface area contributed by atoms with Crippen LogP contribution in [0.5, 0.6) is 5.75 Å². The molecule has 0 saturated carbocycles. The lowest BCUT2D eigenvalue weighted by Gasteiger charge is -2.11. The summed E-state index contributed by atoms with van der Waals surface area (Å²) in [5.41, 5.74) is 2.31. The van der Waals surface area contributed by atoms with Gasteiger partial charge < -0.3 is 10.4 Å². The Kier molecular flexibility index (Phi) is 5.99. The van der Waals surface area contributed by atoms with Gasteiger partial charge in [0.25, 0.3) is 0 Å². The minimum absolute atomic E-state index is 0.0130. The number of phenolic OH excluding ortho intramolecular Hbond substituents is 1. The zero-order chi connectivity index (χ0) is 21.8. The van der Waals surface area contributed by atoms with Crippen molar-refractivity contribution in [3.8, 4) is 22.8 Å². The number of para-hydroxylation sites is 2. The van der Waals surface area contributed by atoms with E-state index in [0.29, 0.717) is 16.5 Å². The van der Waals surface area contributed by atoms with Gasteiger partial charge in [0.05, 0.1) is 17.0 Å². The number of benzene rings is 3. The third-order valence-electron chi connectivity index (χ3n) is 4.52. The van der Waals surface area contributed by atoms with Gasteiger partial charge in [-0.15, -0.1) is 10.2 Å². The molecular weight excluding hydrogens is 415 g/mol. The van der Waals surface area contributed by atoms with E-state index in [9.17, 15) is 14.3 Å². The largest absolute Gasteiger partial charge is 0.507 e. The molecule has 0 saturated heterocycles. The summed E-state index contributed by atoms with van der Waals surface area (Å²) in [4.78, 5) is 12.4. The molecule has 4 aromatic rings. The van der Waals surface area contributed by atoms with Crippen LogP contribution in [0.2, 0.25) is 0 Å². The fourth-order valence-corrected chi connectivity index (χ4v) is 3.81. The summed E-state index contributed by atoms with van der Waals surface area (Å²) in [6.07, 6.45) is 0. The van der Waals surface area contributed by atoms with E-state index in [-0.39, 0.29) is 23.1 Å². The number of carbonyl (C=O) groups excluding carboxylic acids is 1. The summed E-state index contributed by atoms with van der Waals surface area (Å²) in [7, 11) is 0. The summed E-state index contributed by atoms with van der Waals surface area (Å²) < 4.78 is 15.7. The molecule has 0 atom stereocenters. The number of halogens is 1. The zero-order valence-electron chi connectivity index (χ0n) is 16.6. The van der Waals surface area contributed by atoms with E-state index in [0.717, 1.165) is 11.3 Å². The summed E-state index contributed by atoms with van der Waals surface area (Å²) in [5, 5.41) is 21.8. The predicted octanol–water partition coefficient (Wildman–Crippen LogP) is 4.82. The number of amides is 1. The molecule has 156 valence electrons. The second-order valence-corrected chi connectivity index (χ2v) is 7.76. The molecule has 4 rings (SSSR count). The van der Waals surface area contributed by atoms with Crippen LogP contribution in [0.25, 0.3) is 17.1 Å². The van der Waals surface area contributed by atoms with Crippen molar-refractivity contribution in [2.24, 2.45) is 0 Å². The van der Waals surface area contributed by atoms with Gasteiger partial charge in [-0.25, -0.2) is 4.39 Å². The molecule has 0 aliphatic carbocycles. The average Bonchev–Trinajstić information content (AvgIpc) is 3.19. The van der Waals surface area contributed by atoms with Crippen molar-refractivity contribution in [1.29, 1.82) is 0 Å². The van der Waals surface area contributed by atoms with Crippen molar-refractivity contribution < 1.29 is 14.3 Å². The molecule has 6 nitrogen and oxygen atoms in total. The Bertz CT molecular complexity index is 1230. The summed E-state index contributed by atoms with van der Waals surface area (Å²) in [5.74, 6) is -0.299. The van der Waals surface area contributed by atoms with Gasteiger partial charge in [0.1, 0.15) is 11.6 Å². The van der Waals surface area contributed by atoms with E-state index in [1.807, 2.05) is 37.3 Å². The minimum atomic E-state index is -0.488. The first-order valence-electron chi connectivity index (χ1n) is 9.51. The van der Waals surface area contributed by atoms with Crippen LogP contribution in [-0.2, 0) is 4.79 Å². The highest BCUT2D eigenvalue weighted by Crippen LogP contribution is 2.32. The predicted molar refractivity (Wildman–Crippen MR) is 119 cm³/mol. The van der Waals surface area contributed by atoms with Gasteiger partial charge in [-0.1, -0.05) is 48.2 Å². The Morgan fingerprint density at radius 2 is 1.81 bits per heavy atom. The Labute approximate surface area is 182 Å². The summed E-state index contributed by atoms with van der Waals surface area (Å²) in [6, 6.07) is 20.8. The Hall–Kier alpha value is -3.65. The number of aromatic nitrogens is 3. The molecular formula is C23H19FN4O2S. The number of anilines is 1. The average molecular weight is 434 g/mol. The second-order valence-electron chi connectivity index (χ2n) is 6.81. The van der Waals surface area contributed by atoms with Crippen LogP contribution < -0.4 is 5.32 Å². The third-order valence-corrected chi connectivity index (χ3v) is 5.45. The van der Waals surface area contributed by atoms with Gasteiger partial charge in [0, 0.05) is 5.69 Å². The molecule has 1 heterocycles. The standard InChI is InChI=1S/C23H19FN4O2S/c1-15-11-12-18(24)19(13-15)25-21(30)14-31-23-27-26-22(17-9-5-6-10-20(17)29)28(23)16-7-3-2-4-8-16/h2-13,29H,14H2,1H3,(H,25,30). The van der Waals surface area contributed by atoms with Crippen LogP contribution in [0, 0.1) is 12.7 Å². The maximum absolute atomic E-state index is 13.9. The minimum Gasteiger partial charge on any atom is -0.507 e.